The first kappa shape index (κ1) is 31.4. The molecule has 0 saturated carbocycles. The minimum atomic E-state index is -4.76. The van der Waals surface area contributed by atoms with Crippen LogP contribution < -0.4 is 5.32 Å². The predicted octanol–water partition coefficient (Wildman–Crippen LogP) is 4.53. The second kappa shape index (κ2) is 12.0. The van der Waals surface area contributed by atoms with Crippen LogP contribution in [0.4, 0.5) is 23.7 Å². The van der Waals surface area contributed by atoms with E-state index in [0.29, 0.717) is 13.1 Å². The Morgan fingerprint density at radius 3 is 2.35 bits per heavy atom. The summed E-state index contributed by atoms with van der Waals surface area (Å²) in [6, 6.07) is 4.32. The molecule has 1 aliphatic rings. The highest BCUT2D eigenvalue weighted by molar-refractivity contribution is 6.34. The number of nitrogens with one attached hydrogen (secondary N) is 1. The lowest BCUT2D eigenvalue weighted by Crippen LogP contribution is -2.51. The molecule has 1 N–H and O–H groups in total. The fourth-order valence-corrected chi connectivity index (χ4v) is 4.67. The Kier molecular flexibility index (Phi) is 8.77. The first-order valence-corrected chi connectivity index (χ1v) is 13.4. The number of imidazole rings is 1. The molecule has 0 atom stereocenters. The number of aromatic nitrogens is 4. The van der Waals surface area contributed by atoms with Crippen molar-refractivity contribution in [3.63, 3.8) is 0 Å². The lowest BCUT2D eigenvalue weighted by Gasteiger charge is -2.35. The van der Waals surface area contributed by atoms with Gasteiger partial charge in [0.25, 0.3) is 11.8 Å². The van der Waals surface area contributed by atoms with Gasteiger partial charge < -0.3 is 24.4 Å². The molecule has 0 spiro atoms. The SMILES string of the molecule is C#CCn1cc(-c2cnc(C(=O)Nc3ccc(C(=O)N4CCN(C(=O)OC(C)(C)C)CC4)c(Cl)c3)n2C)c(C(F)(F)F)n1. The average Bonchev–Trinajstić information content (AvgIpc) is 3.51. The number of nitrogens with zero attached hydrogens (tertiary/aromatic N) is 6. The van der Waals surface area contributed by atoms with Crippen molar-refractivity contribution in [1.29, 1.82) is 0 Å². The molecule has 0 bridgehead atoms. The van der Waals surface area contributed by atoms with Crippen LogP contribution in [0, 0.1) is 12.3 Å². The summed E-state index contributed by atoms with van der Waals surface area (Å²) in [5, 5.41) is 6.22. The maximum atomic E-state index is 13.6. The smallest absolute Gasteiger partial charge is 0.435 e. The molecule has 3 heterocycles. The first-order chi connectivity index (χ1) is 20.1. The van der Waals surface area contributed by atoms with Crippen molar-refractivity contribution >= 4 is 35.2 Å². The monoisotopic (exact) mass is 619 g/mol. The molecule has 1 aliphatic heterocycles. The number of ether oxygens (including phenoxy) is 1. The Labute approximate surface area is 250 Å². The van der Waals surface area contributed by atoms with E-state index < -0.39 is 29.5 Å². The number of hydrogen-bond acceptors (Lipinski definition) is 6. The van der Waals surface area contributed by atoms with Gasteiger partial charge in [-0.25, -0.2) is 9.78 Å². The topological polar surface area (TPSA) is 115 Å². The van der Waals surface area contributed by atoms with Crippen LogP contribution >= 0.6 is 11.6 Å². The highest BCUT2D eigenvalue weighted by Crippen LogP contribution is 2.36. The van der Waals surface area contributed by atoms with Gasteiger partial charge in [-0.2, -0.15) is 18.3 Å². The molecule has 228 valence electrons. The van der Waals surface area contributed by atoms with E-state index in [4.69, 9.17) is 22.8 Å². The van der Waals surface area contributed by atoms with E-state index in [1.54, 1.807) is 25.7 Å². The summed E-state index contributed by atoms with van der Waals surface area (Å²) < 4.78 is 48.4. The number of anilines is 1. The van der Waals surface area contributed by atoms with Crippen molar-refractivity contribution in [2.24, 2.45) is 7.05 Å². The molecule has 3 amide bonds. The standard InChI is InChI=1S/C28H29ClF3N7O4/c1-6-9-39-16-19(22(35-39)28(30,31)32)21-15-33-23(36(21)5)24(40)34-17-7-8-18(20(29)14-17)25(41)37-10-12-38(13-11-37)26(42)43-27(2,3)4/h1,7-8,14-16H,9-13H2,2-5H3,(H,34,40). The number of halogens is 4. The fourth-order valence-electron chi connectivity index (χ4n) is 4.41. The Hall–Kier alpha value is -4.51. The molecule has 3 aromatic rings. The van der Waals surface area contributed by atoms with E-state index in [-0.39, 0.29) is 58.9 Å². The summed E-state index contributed by atoms with van der Waals surface area (Å²) in [4.78, 5) is 45.5. The number of benzene rings is 1. The van der Waals surface area contributed by atoms with Gasteiger partial charge in [0.1, 0.15) is 12.1 Å². The molecule has 0 aliphatic carbocycles. The molecule has 11 nitrogen and oxygen atoms in total. The number of carbonyl (C=O) groups excluding carboxylic acids is 3. The number of hydrogen-bond donors (Lipinski definition) is 1. The fraction of sp³-hybridized carbons (Fsp3) is 0.393. The second-order valence-corrected chi connectivity index (χ2v) is 11.1. The molecule has 0 unspecified atom stereocenters. The van der Waals surface area contributed by atoms with Crippen LogP contribution in [0.25, 0.3) is 11.3 Å². The van der Waals surface area contributed by atoms with Crippen molar-refractivity contribution in [3.05, 3.63) is 52.7 Å². The van der Waals surface area contributed by atoms with Gasteiger partial charge in [-0.3, -0.25) is 14.3 Å². The number of piperazine rings is 1. The minimum Gasteiger partial charge on any atom is -0.444 e. The number of alkyl halides is 3. The molecular weight excluding hydrogens is 591 g/mol. The molecular formula is C28H29ClF3N7O4. The van der Waals surface area contributed by atoms with Gasteiger partial charge in [-0.05, 0) is 39.0 Å². The van der Waals surface area contributed by atoms with Crippen LogP contribution in [0.3, 0.4) is 0 Å². The molecule has 1 fully saturated rings. The molecule has 0 radical (unpaired) electrons. The van der Waals surface area contributed by atoms with Gasteiger partial charge in [-0.1, -0.05) is 17.5 Å². The predicted molar refractivity (Wildman–Crippen MR) is 151 cm³/mol. The highest BCUT2D eigenvalue weighted by Gasteiger charge is 2.38. The minimum absolute atomic E-state index is 0.00601. The van der Waals surface area contributed by atoms with E-state index >= 15 is 0 Å². The van der Waals surface area contributed by atoms with Gasteiger partial charge in [0, 0.05) is 45.1 Å². The van der Waals surface area contributed by atoms with E-state index in [0.717, 1.165) is 17.1 Å². The van der Waals surface area contributed by atoms with E-state index in [9.17, 15) is 27.6 Å². The van der Waals surface area contributed by atoms with Crippen LogP contribution in [0.2, 0.25) is 5.02 Å². The largest absolute Gasteiger partial charge is 0.444 e. The Bertz CT molecular complexity index is 1590. The quantitative estimate of drug-likeness (QED) is 0.420. The zero-order valence-electron chi connectivity index (χ0n) is 23.8. The van der Waals surface area contributed by atoms with Crippen molar-refractivity contribution in [1.82, 2.24) is 29.1 Å². The summed E-state index contributed by atoms with van der Waals surface area (Å²) in [6.07, 6.45) is 2.29. The number of carbonyl (C=O) groups is 3. The zero-order valence-corrected chi connectivity index (χ0v) is 24.6. The van der Waals surface area contributed by atoms with Gasteiger partial charge in [0.15, 0.2) is 11.5 Å². The lowest BCUT2D eigenvalue weighted by molar-refractivity contribution is -0.141. The van der Waals surface area contributed by atoms with Crippen molar-refractivity contribution in [2.45, 2.75) is 39.1 Å². The number of terminal acetylenes is 1. The maximum Gasteiger partial charge on any atom is 0.435 e. The van der Waals surface area contributed by atoms with Crippen LogP contribution in [-0.2, 0) is 24.5 Å². The van der Waals surface area contributed by atoms with Gasteiger partial charge in [0.05, 0.1) is 28.0 Å². The average molecular weight is 620 g/mol. The van der Waals surface area contributed by atoms with Crippen LogP contribution in [0.5, 0.6) is 0 Å². The van der Waals surface area contributed by atoms with E-state index in [1.165, 1.54) is 34.7 Å². The van der Waals surface area contributed by atoms with Crippen molar-refractivity contribution in [2.75, 3.05) is 31.5 Å². The summed E-state index contributed by atoms with van der Waals surface area (Å²) in [5.41, 5.74) is -1.62. The zero-order chi connectivity index (χ0) is 31.7. The molecule has 43 heavy (non-hydrogen) atoms. The lowest BCUT2D eigenvalue weighted by atomic mass is 10.1. The third-order valence-electron chi connectivity index (χ3n) is 6.43. The molecule has 4 rings (SSSR count). The molecule has 2 aromatic heterocycles. The molecule has 15 heteroatoms. The third kappa shape index (κ3) is 7.11. The summed E-state index contributed by atoms with van der Waals surface area (Å²) >= 11 is 6.39. The van der Waals surface area contributed by atoms with Crippen molar-refractivity contribution < 1.29 is 32.3 Å². The number of amides is 3. The first-order valence-electron chi connectivity index (χ1n) is 13.1. The van der Waals surface area contributed by atoms with Crippen molar-refractivity contribution in [3.8, 4) is 23.6 Å². The maximum absolute atomic E-state index is 13.6. The Balaban J connectivity index is 1.44. The highest BCUT2D eigenvalue weighted by atomic mass is 35.5. The summed E-state index contributed by atoms with van der Waals surface area (Å²) in [6.45, 7) is 6.32. The van der Waals surface area contributed by atoms with Gasteiger partial charge in [-0.15, -0.1) is 6.42 Å². The summed E-state index contributed by atoms with van der Waals surface area (Å²) in [5.74, 6) is 1.00. The number of rotatable bonds is 5. The third-order valence-corrected chi connectivity index (χ3v) is 6.74. The van der Waals surface area contributed by atoms with E-state index in [2.05, 4.69) is 21.3 Å². The second-order valence-electron chi connectivity index (χ2n) is 10.7. The van der Waals surface area contributed by atoms with E-state index in [1.807, 2.05) is 0 Å². The normalized spacial score (nSPS) is 13.9. The van der Waals surface area contributed by atoms with Crippen LogP contribution in [-0.4, -0.2) is 78.8 Å². The Morgan fingerprint density at radius 1 is 1.12 bits per heavy atom. The Morgan fingerprint density at radius 2 is 1.77 bits per heavy atom. The molecule has 1 saturated heterocycles. The van der Waals surface area contributed by atoms with Gasteiger partial charge in [0.2, 0.25) is 0 Å². The molecule has 1 aromatic carbocycles. The van der Waals surface area contributed by atoms with Crippen LogP contribution in [0.1, 0.15) is 47.4 Å². The van der Waals surface area contributed by atoms with Gasteiger partial charge >= 0.3 is 12.3 Å². The summed E-state index contributed by atoms with van der Waals surface area (Å²) in [7, 11) is 1.40. The van der Waals surface area contributed by atoms with Crippen LogP contribution in [0.15, 0.2) is 30.6 Å².